The molecule has 2 saturated heterocycles. The van der Waals surface area contributed by atoms with Crippen LogP contribution in [0.3, 0.4) is 0 Å². The molecule has 1 amide bonds. The van der Waals surface area contributed by atoms with E-state index in [1.165, 1.54) is 16.7 Å². The fourth-order valence-corrected chi connectivity index (χ4v) is 7.64. The quantitative estimate of drug-likeness (QED) is 0.149. The van der Waals surface area contributed by atoms with Gasteiger partial charge in [0, 0.05) is 157 Å². The van der Waals surface area contributed by atoms with Crippen LogP contribution in [0.4, 0.5) is 0 Å². The van der Waals surface area contributed by atoms with Crippen LogP contribution >= 0.6 is 11.8 Å². The van der Waals surface area contributed by atoms with Crippen molar-refractivity contribution in [2.75, 3.05) is 13.1 Å². The van der Waals surface area contributed by atoms with Crippen LogP contribution in [0.25, 0.3) is 0 Å². The summed E-state index contributed by atoms with van der Waals surface area (Å²) in [6.45, 7) is 14.0. The van der Waals surface area contributed by atoms with E-state index in [4.69, 9.17) is 5.14 Å². The highest BCUT2D eigenvalue weighted by Gasteiger charge is 2.66. The van der Waals surface area contributed by atoms with Crippen molar-refractivity contribution in [3.8, 4) is 0 Å². The van der Waals surface area contributed by atoms with Gasteiger partial charge in [-0.1, -0.05) is 34.6 Å². The second kappa shape index (κ2) is 8.74. The van der Waals surface area contributed by atoms with Crippen LogP contribution in [0.5, 0.6) is 0 Å². The van der Waals surface area contributed by atoms with E-state index in [-0.39, 0.29) is 159 Å². The zero-order chi connectivity index (χ0) is 26.0. The second-order valence-electron chi connectivity index (χ2n) is 11.0. The highest BCUT2D eigenvalue weighted by atomic mass is 32.2. The zero-order valence-electron chi connectivity index (χ0n) is 20.9. The monoisotopic (exact) mass is 692 g/mol. The fourth-order valence-electron chi connectivity index (χ4n) is 5.45. The van der Waals surface area contributed by atoms with Crippen LogP contribution in [-0.4, -0.2) is 70.9 Å². The molecular formula is C22H210N4O6S2. The number of rotatable bonds is 9. The maximum Gasteiger partial charge on any atom is 0.353 e. The van der Waals surface area contributed by atoms with Crippen LogP contribution in [0.1, 0.15) is 178 Å². The number of amides is 1. The minimum Gasteiger partial charge on any atom is -0.477 e. The third kappa shape index (κ3) is 4.20. The minimum atomic E-state index is -3.85. The van der Waals surface area contributed by atoms with Crippen LogP contribution in [0.2, 0.25) is 0 Å². The van der Waals surface area contributed by atoms with Gasteiger partial charge >= 0.3 is 5.97 Å². The van der Waals surface area contributed by atoms with Crippen molar-refractivity contribution in [3.63, 3.8) is 0 Å². The number of aliphatic carboxylic acids is 1. The van der Waals surface area contributed by atoms with Crippen LogP contribution in [-0.2, 0) is 19.8 Å². The van der Waals surface area contributed by atoms with Crippen LogP contribution in [0, 0.1) is 23.2 Å². The number of fused-ring (bicyclic) bond motifs is 1. The first kappa shape index (κ1) is 27.4. The second-order valence-corrected chi connectivity index (χ2v) is 13.9. The Bertz CT molecular complexity index is 1110. The molecule has 34 heavy (non-hydrogen) atoms. The molecule has 2 fully saturated rings. The van der Waals surface area contributed by atoms with Gasteiger partial charge < -0.3 is 20.4 Å². The van der Waals surface area contributed by atoms with E-state index < -0.39 is 43.9 Å². The van der Waals surface area contributed by atoms with Crippen molar-refractivity contribution < 1.29 is 151 Å². The summed E-state index contributed by atoms with van der Waals surface area (Å²) < 4.78 is 24.7. The van der Waals surface area contributed by atoms with Gasteiger partial charge in [0.05, 0.1) is 17.6 Å². The van der Waals surface area contributed by atoms with Crippen molar-refractivity contribution >= 4 is 33.8 Å². The van der Waals surface area contributed by atoms with E-state index in [0.29, 0.717) is 17.9 Å². The number of thioether (sulfide) groups is 1. The molecule has 10 nitrogen and oxygen atoms in total. The summed E-state index contributed by atoms with van der Waals surface area (Å²) in [7, 11) is -3.85. The molecule has 0 aliphatic carbocycles. The van der Waals surface area contributed by atoms with Gasteiger partial charge in [0.15, 0.2) is 0 Å². The average molecular weight is 692 g/mol. The van der Waals surface area contributed by atoms with E-state index in [1.54, 1.807) is 6.92 Å². The predicted molar refractivity (Wildman–Crippen MR) is 313 cm³/mol. The van der Waals surface area contributed by atoms with Gasteiger partial charge in [0.25, 0.3) is 10.2 Å². The first-order valence-electron chi connectivity index (χ1n) is 11.6. The normalized spacial score (nSPS) is 34.9. The number of carbonyl (C=O) groups is 2. The largest absolute Gasteiger partial charge is 0.477 e. The number of nitrogens with zero attached hydrogens (tertiary/aromatic N) is 1. The minimum absolute atomic E-state index is 0. The van der Waals surface area contributed by atoms with Gasteiger partial charge in [-0.15, -0.1) is 11.8 Å². The molecule has 3 heterocycles. The Balaban J connectivity index is -0.00000000184. The predicted octanol–water partition coefficient (Wildman–Crippen LogP) is 22.0. The summed E-state index contributed by atoms with van der Waals surface area (Å²) >= 11 is 1.45. The number of nitrogens with one attached hydrogen (secondary N) is 2. The molecule has 3 aliphatic rings. The lowest BCUT2D eigenvalue weighted by molar-refractivity contribution is -0.179. The molecule has 3 aliphatic heterocycles. The van der Waals surface area contributed by atoms with E-state index >= 15 is 0 Å². The molecule has 0 aromatic carbocycles. The zero-order valence-corrected chi connectivity index (χ0v) is 22.5. The molecule has 3 rings (SSSR count). The highest BCUT2D eigenvalue weighted by molar-refractivity contribution is 8.04. The van der Waals surface area contributed by atoms with Crippen molar-refractivity contribution in [3.05, 3.63) is 10.6 Å². The number of hydrogen-bond donors (Lipinski definition) is 5. The van der Waals surface area contributed by atoms with Gasteiger partial charge in [0.1, 0.15) is 5.70 Å². The molecule has 6 N–H and O–H groups in total. The SMILES string of the molecule is CC[C@H]1C(S[C@]2(C)CN[C@H](CNS(N)(=O)=O)C2(C)C)=C(C(=O)O)N2C(=O)[C@H]([C@](C)(O)C(C)C)[C@@H]12.[HH].[HH].[HH].[HH].[HH].[HH].[HH].[HH].[HH].[HH].[HH].[HH].[HH].[HH].[HH].[HH].[HH].[HH].[HH].[HH].[HH].[HH].[HH].[HH].[HH].[HH].[HH].[HH].[HH].[HH].[HH].[HH].[HH].[HH].[HH].[HH].[HH].[HH].[HH].[HH].[HH].[HH].[HH].[HH].[HH].[HH].[HH].[HH].[HH].[HH].[HH].[HH].[HH].[HH].[HH].[HH].[HH].[HH].[HH].[HH].[HH].[HH].[HH].[HH].[HH].[HH].[HH].[HH].[HH].[HH].[HH].[HH].[HH].[HH].[HH].[HH].[HH].[HH].[HH].[HH].[HH].[HH].[HH].[HH].[HH].[HH]. The maximum atomic E-state index is 13.2. The lowest BCUT2D eigenvalue weighted by Crippen LogP contribution is -2.68. The van der Waals surface area contributed by atoms with Gasteiger partial charge in [0.2, 0.25) is 5.91 Å². The number of carboxylic acids is 1. The molecule has 0 bridgehead atoms. The molecule has 0 unspecified atom stereocenters. The lowest BCUT2D eigenvalue weighted by Gasteiger charge is -2.52. The first-order chi connectivity index (χ1) is 15.4. The van der Waals surface area contributed by atoms with Gasteiger partial charge in [-0.2, -0.15) is 8.42 Å². The third-order valence-electron chi connectivity index (χ3n) is 8.55. The number of carboxylic acid groups (broad SMARTS) is 1. The number of nitrogens with two attached hydrogens (primary N) is 1. The Labute approximate surface area is 334 Å². The Morgan fingerprint density at radius 1 is 1.41 bits per heavy atom. The summed E-state index contributed by atoms with van der Waals surface area (Å²) in [4.78, 5) is 27.6. The number of β-lactam (4-membered cyclic amide) rings is 1. The Morgan fingerprint density at radius 2 is 2.00 bits per heavy atom. The molecule has 0 aromatic rings. The maximum absolute atomic E-state index is 13.2. The lowest BCUT2D eigenvalue weighted by atomic mass is 9.67. The van der Waals surface area contributed by atoms with E-state index in [2.05, 4.69) is 10.0 Å². The fraction of sp³-hybridized carbons (Fsp3) is 0.818. The Kier molecular flexibility index (Phi) is 7.04. The summed E-state index contributed by atoms with van der Waals surface area (Å²) in [6, 6.07) is -0.629. The third-order valence-corrected chi connectivity index (χ3v) is 11.0. The summed E-state index contributed by atoms with van der Waals surface area (Å²) in [5.74, 6) is -2.55. The first-order valence-corrected chi connectivity index (χ1v) is 14.0. The molecule has 0 spiro atoms. The smallest absolute Gasteiger partial charge is 0.353 e. The topological polar surface area (TPSA) is 162 Å². The Hall–Kier alpha value is -1.18. The Morgan fingerprint density at radius 3 is 2.47 bits per heavy atom. The number of hydrogen-bond acceptors (Lipinski definition) is 7. The number of aliphatic hydroxyl groups is 1. The van der Waals surface area contributed by atoms with Crippen molar-refractivity contribution in [2.24, 2.45) is 28.3 Å². The molecule has 6 atom stereocenters. The molecule has 0 radical (unpaired) electrons. The van der Waals surface area contributed by atoms with Gasteiger partial charge in [-0.05, 0) is 31.6 Å². The van der Waals surface area contributed by atoms with E-state index in [9.17, 15) is 28.2 Å². The van der Waals surface area contributed by atoms with Crippen LogP contribution in [0.15, 0.2) is 10.6 Å². The summed E-state index contributed by atoms with van der Waals surface area (Å²) in [5.41, 5.74) is -1.70. The molecular weight excluding hydrogens is 480 g/mol. The molecule has 0 saturated carbocycles. The van der Waals surface area contributed by atoms with Crippen molar-refractivity contribution in [2.45, 2.75) is 77.3 Å². The van der Waals surface area contributed by atoms with Crippen molar-refractivity contribution in [1.82, 2.24) is 14.9 Å². The molecule has 12 heteroatoms. The van der Waals surface area contributed by atoms with Crippen molar-refractivity contribution in [1.29, 1.82) is 0 Å². The van der Waals surface area contributed by atoms with Crippen LogP contribution < -0.4 is 15.2 Å². The summed E-state index contributed by atoms with van der Waals surface area (Å²) in [6.07, 6.45) is 0.624. The molecule has 0 aromatic heterocycles. The van der Waals surface area contributed by atoms with E-state index in [0.717, 1.165) is 0 Å². The van der Waals surface area contributed by atoms with Gasteiger partial charge in [-0.3, -0.25) is 4.79 Å². The summed E-state index contributed by atoms with van der Waals surface area (Å²) in [5, 5.41) is 29.7. The van der Waals surface area contributed by atoms with Gasteiger partial charge in [-0.25, -0.2) is 14.7 Å². The number of carbonyl (C=O) groups excluding carboxylic acids is 1. The highest BCUT2D eigenvalue weighted by Crippen LogP contribution is 2.59. The standard InChI is InChI=1S/C22H38N4O6S2.86H2/c1-8-12-15-14(22(7,30)11(2)3)18(27)26(15)16(19(28)29)17(12)33-21(6)10-24-13(20(21,4)5)9-25-34(23,31)32;;;;;;;;;;;;;;;;;;;;;;;;;;;;;;;;;;;;;;;;;;;;;;;;;;;;;;;;;;;;;;;;;;;;;;;;;;;;;;;;;;;;;;/h11-15,24-25,30H,8-10H2,1-7H3,(H,28,29)(H2,23,31,32);86*1H/t12-,13-,14-,15-,21-,22-;;;;;;;;;;;;;;;;;;;;;;;;;;;;;;;;;;;;;;;;;;;;;;;;;;;;;;;;;;;;;;;;;;;;;;;;;;;;;;;;;;;;;;/m1....................................................................................../s1. The molecule has 366 valence electrons. The average Bonchev–Trinajstić information content (AvgIpc) is 3.07. The van der Waals surface area contributed by atoms with E-state index in [1.807, 2.05) is 41.5 Å².